The number of anilines is 3. The lowest BCUT2D eigenvalue weighted by Crippen LogP contribution is -2.24. The molecule has 0 radical (unpaired) electrons. The zero-order valence-electron chi connectivity index (χ0n) is 20.4. The lowest BCUT2D eigenvalue weighted by molar-refractivity contribution is 0.0975. The summed E-state index contributed by atoms with van der Waals surface area (Å²) in [5.74, 6) is -1.37. The quantitative estimate of drug-likeness (QED) is 0.121. The van der Waals surface area contributed by atoms with E-state index in [1.807, 2.05) is 0 Å². The highest BCUT2D eigenvalue weighted by molar-refractivity contribution is 6.33. The standard InChI is InChI=1S/C27H24N6O5/c1-2-3-10-30-26-31-12-32-27(33-26)38-14-6-4-13(5-7-14)15-11-17(29)20-22(23(15)35)25(37)19-16(28)8-9-18(34)21(19)24(20)36/h4-9,11-12,34-35H,2-3,10,28-29H2,1H3,(H,30,31,32,33). The Balaban J connectivity index is 1.46. The molecule has 3 aromatic carbocycles. The number of hydrogen-bond donors (Lipinski definition) is 5. The summed E-state index contributed by atoms with van der Waals surface area (Å²) in [5.41, 5.74) is 12.0. The average molecular weight is 513 g/mol. The van der Waals surface area contributed by atoms with Crippen molar-refractivity contribution in [3.05, 3.63) is 71.0 Å². The number of benzene rings is 3. The predicted octanol–water partition coefficient (Wildman–Crippen LogP) is 3.89. The van der Waals surface area contributed by atoms with Crippen LogP contribution >= 0.6 is 0 Å². The van der Waals surface area contributed by atoms with Gasteiger partial charge in [-0.25, -0.2) is 4.98 Å². The van der Waals surface area contributed by atoms with Gasteiger partial charge in [-0.2, -0.15) is 9.97 Å². The molecule has 11 nitrogen and oxygen atoms in total. The molecule has 0 fully saturated rings. The van der Waals surface area contributed by atoms with Crippen LogP contribution in [0.5, 0.6) is 23.3 Å². The number of nitrogens with one attached hydrogen (secondary N) is 1. The summed E-state index contributed by atoms with van der Waals surface area (Å²) in [6.45, 7) is 2.82. The number of phenolic OH excluding ortho intramolecular Hbond substituents is 2. The number of aromatic nitrogens is 3. The second kappa shape index (κ2) is 9.69. The number of nitrogens with zero attached hydrogens (tertiary/aromatic N) is 3. The maximum atomic E-state index is 13.3. The number of rotatable bonds is 7. The summed E-state index contributed by atoms with van der Waals surface area (Å²) >= 11 is 0. The van der Waals surface area contributed by atoms with Gasteiger partial charge in [0, 0.05) is 23.5 Å². The minimum absolute atomic E-state index is 0.00808. The van der Waals surface area contributed by atoms with Crippen LogP contribution in [0.15, 0.2) is 48.8 Å². The van der Waals surface area contributed by atoms with Gasteiger partial charge in [0.05, 0.1) is 22.3 Å². The Hall–Kier alpha value is -5.19. The fraction of sp³-hybridized carbons (Fsp3) is 0.148. The zero-order chi connectivity index (χ0) is 27.0. The molecule has 1 aliphatic carbocycles. The molecule has 0 spiro atoms. The highest BCUT2D eigenvalue weighted by Gasteiger charge is 2.38. The summed E-state index contributed by atoms with van der Waals surface area (Å²) in [4.78, 5) is 38.8. The van der Waals surface area contributed by atoms with E-state index in [-0.39, 0.29) is 45.2 Å². The third-order valence-corrected chi connectivity index (χ3v) is 6.19. The maximum Gasteiger partial charge on any atom is 0.326 e. The third kappa shape index (κ3) is 4.19. The summed E-state index contributed by atoms with van der Waals surface area (Å²) in [6, 6.07) is 10.7. The molecule has 1 aliphatic rings. The van der Waals surface area contributed by atoms with Crippen molar-refractivity contribution in [3.8, 4) is 34.4 Å². The summed E-state index contributed by atoms with van der Waals surface area (Å²) in [6.07, 6.45) is 3.36. The number of ether oxygens (including phenoxy) is 1. The SMILES string of the molecule is CCCCNc1ncnc(Oc2ccc(-c3cc(N)c4c(c3O)C(=O)c3c(N)ccc(O)c3C4=O)cc2)n1. The Morgan fingerprint density at radius 2 is 1.61 bits per heavy atom. The Labute approximate surface area is 217 Å². The zero-order valence-corrected chi connectivity index (χ0v) is 20.4. The molecule has 4 aromatic rings. The van der Waals surface area contributed by atoms with Crippen molar-refractivity contribution in [2.24, 2.45) is 0 Å². The monoisotopic (exact) mass is 512 g/mol. The first-order valence-electron chi connectivity index (χ1n) is 11.9. The van der Waals surface area contributed by atoms with Gasteiger partial charge >= 0.3 is 6.01 Å². The Morgan fingerprint density at radius 1 is 0.895 bits per heavy atom. The first-order valence-corrected chi connectivity index (χ1v) is 11.9. The number of phenols is 2. The van der Waals surface area contributed by atoms with Crippen LogP contribution in [0.3, 0.4) is 0 Å². The number of ketones is 2. The largest absolute Gasteiger partial charge is 0.507 e. The molecular weight excluding hydrogens is 488 g/mol. The van der Waals surface area contributed by atoms with Gasteiger partial charge in [-0.15, -0.1) is 0 Å². The average Bonchev–Trinajstić information content (AvgIpc) is 2.90. The summed E-state index contributed by atoms with van der Waals surface area (Å²) < 4.78 is 5.73. The summed E-state index contributed by atoms with van der Waals surface area (Å²) in [7, 11) is 0. The van der Waals surface area contributed by atoms with Crippen molar-refractivity contribution in [3.63, 3.8) is 0 Å². The van der Waals surface area contributed by atoms with Crippen molar-refractivity contribution in [2.45, 2.75) is 19.8 Å². The van der Waals surface area contributed by atoms with Gasteiger partial charge in [0.2, 0.25) is 17.5 Å². The fourth-order valence-electron chi connectivity index (χ4n) is 4.31. The van der Waals surface area contributed by atoms with Crippen molar-refractivity contribution in [1.82, 2.24) is 15.0 Å². The van der Waals surface area contributed by atoms with Crippen LogP contribution in [0.25, 0.3) is 11.1 Å². The molecule has 0 saturated carbocycles. The van der Waals surface area contributed by atoms with E-state index in [1.165, 1.54) is 24.5 Å². The molecule has 0 amide bonds. The number of hydrogen-bond acceptors (Lipinski definition) is 11. The van der Waals surface area contributed by atoms with E-state index in [2.05, 4.69) is 27.2 Å². The Kier molecular flexibility index (Phi) is 6.25. The highest BCUT2D eigenvalue weighted by Crippen LogP contribution is 2.45. The van der Waals surface area contributed by atoms with E-state index in [1.54, 1.807) is 24.3 Å². The minimum atomic E-state index is -0.702. The molecule has 38 heavy (non-hydrogen) atoms. The number of nitrogens with two attached hydrogens (primary N) is 2. The number of aromatic hydroxyl groups is 2. The van der Waals surface area contributed by atoms with Crippen molar-refractivity contribution < 1.29 is 24.5 Å². The molecule has 192 valence electrons. The van der Waals surface area contributed by atoms with E-state index in [0.29, 0.717) is 17.3 Å². The van der Waals surface area contributed by atoms with Crippen LogP contribution in [-0.4, -0.2) is 43.3 Å². The van der Waals surface area contributed by atoms with E-state index in [4.69, 9.17) is 16.2 Å². The molecule has 1 heterocycles. The van der Waals surface area contributed by atoms with Gasteiger partial charge in [0.25, 0.3) is 0 Å². The molecule has 1 aromatic heterocycles. The van der Waals surface area contributed by atoms with Gasteiger partial charge in [0.15, 0.2) is 0 Å². The molecule has 0 unspecified atom stereocenters. The van der Waals surface area contributed by atoms with Gasteiger partial charge in [-0.3, -0.25) is 9.59 Å². The Morgan fingerprint density at radius 3 is 2.34 bits per heavy atom. The topological polar surface area (TPSA) is 187 Å². The number of nitrogen functional groups attached to an aromatic ring is 2. The molecule has 0 bridgehead atoms. The second-order valence-electron chi connectivity index (χ2n) is 8.69. The van der Waals surface area contributed by atoms with Crippen molar-refractivity contribution in [1.29, 1.82) is 0 Å². The van der Waals surface area contributed by atoms with E-state index in [0.717, 1.165) is 19.4 Å². The van der Waals surface area contributed by atoms with Gasteiger partial charge in [-0.05, 0) is 42.3 Å². The number of carbonyl (C=O) groups excluding carboxylic acids is 2. The Bertz CT molecular complexity index is 1590. The van der Waals surface area contributed by atoms with Gasteiger partial charge < -0.3 is 31.7 Å². The lowest BCUT2D eigenvalue weighted by atomic mass is 9.80. The fourth-order valence-corrected chi connectivity index (χ4v) is 4.31. The molecule has 0 saturated heterocycles. The molecule has 5 rings (SSSR count). The molecule has 7 N–H and O–H groups in total. The number of carbonyl (C=O) groups is 2. The smallest absolute Gasteiger partial charge is 0.326 e. The lowest BCUT2D eigenvalue weighted by Gasteiger charge is -2.23. The number of fused-ring (bicyclic) bond motifs is 2. The molecule has 0 atom stereocenters. The first kappa shape index (κ1) is 24.5. The molecule has 11 heteroatoms. The normalized spacial score (nSPS) is 12.1. The van der Waals surface area contributed by atoms with Crippen LogP contribution in [0, 0.1) is 0 Å². The maximum absolute atomic E-state index is 13.3. The van der Waals surface area contributed by atoms with Crippen LogP contribution < -0.4 is 21.5 Å². The van der Waals surface area contributed by atoms with E-state index in [9.17, 15) is 19.8 Å². The van der Waals surface area contributed by atoms with E-state index < -0.39 is 23.1 Å². The van der Waals surface area contributed by atoms with Crippen molar-refractivity contribution >= 4 is 28.9 Å². The highest BCUT2D eigenvalue weighted by atomic mass is 16.5. The van der Waals surface area contributed by atoms with E-state index >= 15 is 0 Å². The molecular formula is C27H24N6O5. The minimum Gasteiger partial charge on any atom is -0.507 e. The van der Waals surface area contributed by atoms with Crippen LogP contribution in [0.4, 0.5) is 17.3 Å². The predicted molar refractivity (Wildman–Crippen MR) is 141 cm³/mol. The summed E-state index contributed by atoms with van der Waals surface area (Å²) in [5, 5.41) is 24.4. The van der Waals surface area contributed by atoms with Crippen LogP contribution in [0.2, 0.25) is 0 Å². The third-order valence-electron chi connectivity index (χ3n) is 6.19. The van der Waals surface area contributed by atoms with Crippen LogP contribution in [0.1, 0.15) is 51.6 Å². The first-order chi connectivity index (χ1) is 18.3. The molecule has 0 aliphatic heterocycles. The van der Waals surface area contributed by atoms with Crippen LogP contribution in [-0.2, 0) is 0 Å². The van der Waals surface area contributed by atoms with Gasteiger partial charge in [0.1, 0.15) is 23.6 Å². The van der Waals surface area contributed by atoms with Crippen molar-refractivity contribution in [2.75, 3.05) is 23.3 Å². The second-order valence-corrected chi connectivity index (χ2v) is 8.69. The van der Waals surface area contributed by atoms with Gasteiger partial charge in [-0.1, -0.05) is 25.5 Å². The number of unbranched alkanes of at least 4 members (excludes halogenated alkanes) is 1.